The Morgan fingerprint density at radius 3 is 2.79 bits per heavy atom. The van der Waals surface area contributed by atoms with Gasteiger partial charge in [-0.2, -0.15) is 0 Å². The molecule has 2 aromatic carbocycles. The molecule has 0 atom stereocenters. The predicted molar refractivity (Wildman–Crippen MR) is 117 cm³/mol. The van der Waals surface area contributed by atoms with E-state index in [0.29, 0.717) is 24.8 Å². The van der Waals surface area contributed by atoms with Gasteiger partial charge in [-0.25, -0.2) is 4.98 Å². The van der Waals surface area contributed by atoms with Crippen molar-refractivity contribution in [3.63, 3.8) is 0 Å². The quantitative estimate of drug-likeness (QED) is 0.232. The number of fused-ring (bicyclic) bond motifs is 5. The number of hydrogen-bond donors (Lipinski definition) is 1. The van der Waals surface area contributed by atoms with Crippen molar-refractivity contribution in [1.82, 2.24) is 9.97 Å². The lowest BCUT2D eigenvalue weighted by molar-refractivity contribution is -0.143. The average molecular weight is 411 g/mol. The van der Waals surface area contributed by atoms with Crippen molar-refractivity contribution >= 4 is 50.1 Å². The monoisotopic (exact) mass is 410 g/mol. The highest BCUT2D eigenvalue weighted by atomic mass is 35.5. The first-order chi connectivity index (χ1) is 14.1. The number of hydrogen-bond acceptors (Lipinski definition) is 4. The van der Waals surface area contributed by atoms with Crippen LogP contribution in [0.25, 0.3) is 32.6 Å². The minimum atomic E-state index is -0.147. The van der Waals surface area contributed by atoms with E-state index in [0.717, 1.165) is 56.7 Å². The Balaban J connectivity index is 1.53. The van der Waals surface area contributed by atoms with Gasteiger partial charge in [0.05, 0.1) is 24.2 Å². The maximum atomic E-state index is 11.4. The fraction of sp³-hybridized carbons (Fsp3) is 0.304. The second-order valence-corrected chi connectivity index (χ2v) is 7.45. The molecule has 0 spiro atoms. The molecule has 0 saturated heterocycles. The van der Waals surface area contributed by atoms with Crippen LogP contribution < -0.4 is 4.74 Å². The summed E-state index contributed by atoms with van der Waals surface area (Å²) in [7, 11) is 0. The van der Waals surface area contributed by atoms with Crippen molar-refractivity contribution in [1.29, 1.82) is 0 Å². The summed E-state index contributed by atoms with van der Waals surface area (Å²) < 4.78 is 10.8. The number of aromatic nitrogens is 2. The molecular formula is C23H23ClN2O3. The average Bonchev–Trinajstić information content (AvgIpc) is 3.12. The Kier molecular flexibility index (Phi) is 5.58. The Hall–Kier alpha value is -2.79. The lowest BCUT2D eigenvalue weighted by Gasteiger charge is -2.08. The van der Waals surface area contributed by atoms with E-state index < -0.39 is 0 Å². The van der Waals surface area contributed by atoms with Crippen LogP contribution in [0.5, 0.6) is 5.75 Å². The molecule has 4 rings (SSSR count). The highest BCUT2D eigenvalue weighted by Crippen LogP contribution is 2.36. The van der Waals surface area contributed by atoms with Gasteiger partial charge >= 0.3 is 5.97 Å². The zero-order chi connectivity index (χ0) is 20.4. The highest BCUT2D eigenvalue weighted by Gasteiger charge is 2.13. The lowest BCUT2D eigenvalue weighted by atomic mass is 10.1. The van der Waals surface area contributed by atoms with E-state index >= 15 is 0 Å². The van der Waals surface area contributed by atoms with Gasteiger partial charge in [-0.05, 0) is 55.8 Å². The summed E-state index contributed by atoms with van der Waals surface area (Å²) in [6, 6.07) is 10.2. The minimum absolute atomic E-state index is 0.147. The van der Waals surface area contributed by atoms with E-state index in [2.05, 4.69) is 28.2 Å². The number of rotatable bonds is 7. The number of esters is 1. The number of nitrogens with zero attached hydrogens (tertiary/aromatic N) is 1. The first kappa shape index (κ1) is 19.5. The van der Waals surface area contributed by atoms with Crippen LogP contribution >= 0.6 is 11.6 Å². The van der Waals surface area contributed by atoms with Crippen molar-refractivity contribution in [2.75, 3.05) is 13.2 Å². The smallest absolute Gasteiger partial charge is 0.305 e. The normalized spacial score (nSPS) is 11.4. The number of carbonyl (C=O) groups excluding carboxylic acids is 1. The molecule has 0 aliphatic carbocycles. The molecule has 0 unspecified atom stereocenters. The molecule has 0 amide bonds. The first-order valence-corrected chi connectivity index (χ1v) is 10.2. The van der Waals surface area contributed by atoms with Crippen LogP contribution in [0.1, 0.15) is 31.7 Å². The second-order valence-electron chi connectivity index (χ2n) is 7.09. The zero-order valence-electron chi connectivity index (χ0n) is 16.5. The summed E-state index contributed by atoms with van der Waals surface area (Å²) in [6.45, 7) is 4.84. The van der Waals surface area contributed by atoms with Crippen LogP contribution in [0.2, 0.25) is 5.15 Å². The predicted octanol–water partition coefficient (Wildman–Crippen LogP) is 5.94. The molecule has 2 aromatic heterocycles. The highest BCUT2D eigenvalue weighted by molar-refractivity contribution is 6.37. The van der Waals surface area contributed by atoms with Crippen LogP contribution in [0, 0.1) is 6.92 Å². The summed E-state index contributed by atoms with van der Waals surface area (Å²) in [5.74, 6) is 0.672. The molecule has 1 N–H and O–H groups in total. The molecule has 0 fully saturated rings. The molecule has 5 nitrogen and oxygen atoms in total. The van der Waals surface area contributed by atoms with E-state index in [9.17, 15) is 4.79 Å². The van der Waals surface area contributed by atoms with Gasteiger partial charge in [-0.3, -0.25) is 4.79 Å². The van der Waals surface area contributed by atoms with Crippen LogP contribution in [0.4, 0.5) is 0 Å². The van der Waals surface area contributed by atoms with Crippen molar-refractivity contribution in [3.05, 3.63) is 47.2 Å². The standard InChI is InChI=1S/C23H23ClN2O3/c1-3-28-19(27)6-4-5-11-29-16-8-10-17-15(12-16)7-9-18-20-21(26-22(17)18)14(2)13-25-23(20)24/h7-10,12-13,26H,3-6,11H2,1-2H3. The van der Waals surface area contributed by atoms with Gasteiger partial charge in [0.2, 0.25) is 0 Å². The van der Waals surface area contributed by atoms with Crippen molar-refractivity contribution in [2.45, 2.75) is 33.1 Å². The van der Waals surface area contributed by atoms with Gasteiger partial charge in [0, 0.05) is 28.8 Å². The molecule has 29 heavy (non-hydrogen) atoms. The van der Waals surface area contributed by atoms with Gasteiger partial charge < -0.3 is 14.5 Å². The third-order valence-electron chi connectivity index (χ3n) is 5.08. The first-order valence-electron chi connectivity index (χ1n) is 9.86. The number of halogens is 1. The minimum Gasteiger partial charge on any atom is -0.494 e. The number of H-pyrrole nitrogens is 1. The van der Waals surface area contributed by atoms with Gasteiger partial charge in [0.25, 0.3) is 0 Å². The molecule has 0 aliphatic heterocycles. The lowest BCUT2D eigenvalue weighted by Crippen LogP contribution is -2.05. The number of ether oxygens (including phenoxy) is 2. The summed E-state index contributed by atoms with van der Waals surface area (Å²) in [4.78, 5) is 19.2. The summed E-state index contributed by atoms with van der Waals surface area (Å²) in [5.41, 5.74) is 3.14. The number of aryl methyl sites for hydroxylation is 1. The van der Waals surface area contributed by atoms with Crippen molar-refractivity contribution in [3.8, 4) is 5.75 Å². The third kappa shape index (κ3) is 3.87. The fourth-order valence-electron chi connectivity index (χ4n) is 3.65. The third-order valence-corrected chi connectivity index (χ3v) is 5.37. The Labute approximate surface area is 174 Å². The van der Waals surface area contributed by atoms with Crippen LogP contribution in [-0.4, -0.2) is 29.2 Å². The number of pyridine rings is 1. The molecule has 4 aromatic rings. The second kappa shape index (κ2) is 8.29. The van der Waals surface area contributed by atoms with Crippen LogP contribution in [0.15, 0.2) is 36.5 Å². The molecule has 0 saturated carbocycles. The maximum absolute atomic E-state index is 11.4. The number of benzene rings is 2. The van der Waals surface area contributed by atoms with E-state index in [1.807, 2.05) is 26.0 Å². The number of nitrogens with one attached hydrogen (secondary N) is 1. The molecule has 0 bridgehead atoms. The Morgan fingerprint density at radius 2 is 1.97 bits per heavy atom. The van der Waals surface area contributed by atoms with Gasteiger partial charge in [0.15, 0.2) is 0 Å². The maximum Gasteiger partial charge on any atom is 0.305 e. The summed E-state index contributed by atoms with van der Waals surface area (Å²) >= 11 is 6.37. The summed E-state index contributed by atoms with van der Waals surface area (Å²) in [5, 5.41) is 4.75. The topological polar surface area (TPSA) is 64.2 Å². The van der Waals surface area contributed by atoms with E-state index in [1.165, 1.54) is 0 Å². The van der Waals surface area contributed by atoms with Crippen LogP contribution in [0.3, 0.4) is 0 Å². The Bertz CT molecular complexity index is 1200. The molecule has 6 heteroatoms. The van der Waals surface area contributed by atoms with E-state index in [-0.39, 0.29) is 5.97 Å². The summed E-state index contributed by atoms with van der Waals surface area (Å²) in [6.07, 6.45) is 3.79. The number of carbonyl (C=O) groups is 1. The zero-order valence-corrected chi connectivity index (χ0v) is 17.3. The SMILES string of the molecule is CCOC(=O)CCCCOc1ccc2c(ccc3c2[nH]c2c(C)cnc(Cl)c23)c1. The largest absolute Gasteiger partial charge is 0.494 e. The molecule has 0 aliphatic rings. The van der Waals surface area contributed by atoms with Gasteiger partial charge in [-0.1, -0.05) is 23.7 Å². The number of unbranched alkanes of at least 4 members (excludes halogenated alkanes) is 1. The number of aromatic amines is 1. The van der Waals surface area contributed by atoms with E-state index in [1.54, 1.807) is 6.20 Å². The molecule has 150 valence electrons. The van der Waals surface area contributed by atoms with Crippen molar-refractivity contribution < 1.29 is 14.3 Å². The molecular weight excluding hydrogens is 388 g/mol. The van der Waals surface area contributed by atoms with Gasteiger partial charge in [-0.15, -0.1) is 0 Å². The van der Waals surface area contributed by atoms with E-state index in [4.69, 9.17) is 21.1 Å². The van der Waals surface area contributed by atoms with Gasteiger partial charge in [0.1, 0.15) is 10.9 Å². The van der Waals surface area contributed by atoms with Crippen LogP contribution in [-0.2, 0) is 9.53 Å². The van der Waals surface area contributed by atoms with Crippen molar-refractivity contribution in [2.24, 2.45) is 0 Å². The fourth-order valence-corrected chi connectivity index (χ4v) is 3.90. The molecule has 0 radical (unpaired) electrons. The Morgan fingerprint density at radius 1 is 1.14 bits per heavy atom. The molecule has 2 heterocycles.